The SMILES string of the molecule is C=CCCC(=O)N[C@H]1CCC(=O)C2(C)CCCCCCCCCC[C@@H](CCC2)OC1=O. The largest absolute Gasteiger partial charge is 0.461 e. The molecule has 1 unspecified atom stereocenters. The molecule has 1 saturated heterocycles. The van der Waals surface area contributed by atoms with Crippen LogP contribution in [0.3, 0.4) is 0 Å². The van der Waals surface area contributed by atoms with E-state index in [1.54, 1.807) is 6.08 Å². The summed E-state index contributed by atoms with van der Waals surface area (Å²) < 4.78 is 5.90. The Hall–Kier alpha value is -1.65. The van der Waals surface area contributed by atoms with Gasteiger partial charge in [-0.3, -0.25) is 9.59 Å². The number of Topliss-reactive ketones (excluding diaryl/α,β-unsaturated/α-hetero) is 1. The van der Waals surface area contributed by atoms with Crippen LogP contribution in [-0.2, 0) is 19.1 Å². The molecule has 0 radical (unpaired) electrons. The minimum atomic E-state index is -0.745. The molecule has 176 valence electrons. The van der Waals surface area contributed by atoms with Crippen molar-refractivity contribution in [3.8, 4) is 0 Å². The standard InChI is InChI=1S/C26H43NO4/c1-3-4-16-24(29)27-22-17-18-23(28)26(2)19-12-10-8-6-5-7-9-11-14-21(15-13-20-26)31-25(22)30/h3,21-22H,1,4-20H2,2H3,(H,27,29)/t21-,22-,26?/m0/s1. The number of carbonyl (C=O) groups is 3. The molecule has 0 aromatic rings. The minimum Gasteiger partial charge on any atom is -0.461 e. The summed E-state index contributed by atoms with van der Waals surface area (Å²) in [6.45, 7) is 5.76. The van der Waals surface area contributed by atoms with Crippen molar-refractivity contribution in [2.24, 2.45) is 5.41 Å². The molecule has 2 aliphatic rings. The van der Waals surface area contributed by atoms with Crippen LogP contribution in [0.4, 0.5) is 0 Å². The Labute approximate surface area is 188 Å². The van der Waals surface area contributed by atoms with Crippen LogP contribution < -0.4 is 5.32 Å². The molecule has 0 aromatic carbocycles. The van der Waals surface area contributed by atoms with Crippen LogP contribution in [0.1, 0.15) is 116 Å². The fourth-order valence-electron chi connectivity index (χ4n) is 4.91. The third-order valence-corrected chi connectivity index (χ3v) is 7.07. The van der Waals surface area contributed by atoms with Crippen LogP contribution in [0.2, 0.25) is 0 Å². The molecule has 2 fully saturated rings. The van der Waals surface area contributed by atoms with E-state index in [4.69, 9.17) is 4.74 Å². The van der Waals surface area contributed by atoms with E-state index < -0.39 is 6.04 Å². The number of hydrogen-bond acceptors (Lipinski definition) is 4. The topological polar surface area (TPSA) is 72.5 Å². The Kier molecular flexibility index (Phi) is 11.3. The van der Waals surface area contributed by atoms with Crippen molar-refractivity contribution in [2.75, 3.05) is 0 Å². The zero-order valence-corrected chi connectivity index (χ0v) is 19.6. The lowest BCUT2D eigenvalue weighted by molar-refractivity contribution is -0.154. The first-order valence-electron chi connectivity index (χ1n) is 12.6. The number of nitrogens with one attached hydrogen (secondary N) is 1. The maximum absolute atomic E-state index is 13.2. The average Bonchev–Trinajstić information content (AvgIpc) is 2.76. The number of ether oxygens (including phenoxy) is 1. The van der Waals surface area contributed by atoms with Gasteiger partial charge in [-0.15, -0.1) is 6.58 Å². The van der Waals surface area contributed by atoms with Gasteiger partial charge in [-0.25, -0.2) is 4.79 Å². The zero-order chi connectivity index (χ0) is 22.5. The highest BCUT2D eigenvalue weighted by Gasteiger charge is 2.35. The third kappa shape index (κ3) is 9.16. The van der Waals surface area contributed by atoms with Gasteiger partial charge < -0.3 is 10.1 Å². The second-order valence-electron chi connectivity index (χ2n) is 9.79. The van der Waals surface area contributed by atoms with Crippen molar-refractivity contribution >= 4 is 17.7 Å². The summed E-state index contributed by atoms with van der Waals surface area (Å²) in [7, 11) is 0. The summed E-state index contributed by atoms with van der Waals surface area (Å²) in [6.07, 6.45) is 16.9. The van der Waals surface area contributed by atoms with E-state index in [-0.39, 0.29) is 29.2 Å². The summed E-state index contributed by atoms with van der Waals surface area (Å²) in [5.41, 5.74) is -0.338. The van der Waals surface area contributed by atoms with Crippen LogP contribution in [0.5, 0.6) is 0 Å². The van der Waals surface area contributed by atoms with Crippen LogP contribution in [0, 0.1) is 5.41 Å². The lowest BCUT2D eigenvalue weighted by atomic mass is 9.74. The Balaban J connectivity index is 2.17. The summed E-state index contributed by atoms with van der Waals surface area (Å²) in [4.78, 5) is 38.4. The monoisotopic (exact) mass is 433 g/mol. The molecule has 1 N–H and O–H groups in total. The van der Waals surface area contributed by atoms with Gasteiger partial charge in [0.25, 0.3) is 0 Å². The quantitative estimate of drug-likeness (QED) is 0.449. The molecular weight excluding hydrogens is 390 g/mol. The zero-order valence-electron chi connectivity index (χ0n) is 19.6. The van der Waals surface area contributed by atoms with Gasteiger partial charge in [-0.1, -0.05) is 57.9 Å². The van der Waals surface area contributed by atoms with E-state index >= 15 is 0 Å². The van der Waals surface area contributed by atoms with Gasteiger partial charge in [0.15, 0.2) is 0 Å². The average molecular weight is 434 g/mol. The van der Waals surface area contributed by atoms with Crippen molar-refractivity contribution in [1.29, 1.82) is 0 Å². The highest BCUT2D eigenvalue weighted by Crippen LogP contribution is 2.35. The highest BCUT2D eigenvalue weighted by molar-refractivity contribution is 5.87. The van der Waals surface area contributed by atoms with Gasteiger partial charge in [0, 0.05) is 18.3 Å². The van der Waals surface area contributed by atoms with Gasteiger partial charge in [0.05, 0.1) is 0 Å². The molecule has 5 nitrogen and oxygen atoms in total. The summed E-state index contributed by atoms with van der Waals surface area (Å²) in [5.74, 6) is -0.339. The van der Waals surface area contributed by atoms with Gasteiger partial charge >= 0.3 is 5.97 Å². The van der Waals surface area contributed by atoms with Crippen LogP contribution in [0.25, 0.3) is 0 Å². The number of hydrogen-bond donors (Lipinski definition) is 1. The molecule has 5 heteroatoms. The first-order chi connectivity index (χ1) is 14.9. The number of fused-ring (bicyclic) bond motifs is 4. The molecule has 0 aromatic heterocycles. The van der Waals surface area contributed by atoms with Crippen LogP contribution in [-0.4, -0.2) is 29.8 Å². The number of carbonyl (C=O) groups excluding carboxylic acids is 3. The maximum Gasteiger partial charge on any atom is 0.328 e. The van der Waals surface area contributed by atoms with E-state index in [9.17, 15) is 14.4 Å². The van der Waals surface area contributed by atoms with Gasteiger partial charge in [-0.05, 0) is 51.4 Å². The molecule has 1 aliphatic carbocycles. The van der Waals surface area contributed by atoms with E-state index in [1.807, 2.05) is 0 Å². The van der Waals surface area contributed by atoms with Gasteiger partial charge in [-0.2, -0.15) is 0 Å². The maximum atomic E-state index is 13.2. The molecule has 2 bridgehead atoms. The van der Waals surface area contributed by atoms with E-state index in [0.717, 1.165) is 44.9 Å². The predicted octanol–water partition coefficient (Wildman–Crippen LogP) is 5.80. The Morgan fingerprint density at radius 2 is 1.61 bits per heavy atom. The van der Waals surface area contributed by atoms with E-state index in [1.165, 1.54) is 38.5 Å². The molecule has 3 atom stereocenters. The van der Waals surface area contributed by atoms with Crippen molar-refractivity contribution < 1.29 is 19.1 Å². The Morgan fingerprint density at radius 1 is 1.00 bits per heavy atom. The number of allylic oxidation sites excluding steroid dienone is 1. The van der Waals surface area contributed by atoms with Crippen molar-refractivity contribution in [3.63, 3.8) is 0 Å². The molecule has 1 aliphatic heterocycles. The van der Waals surface area contributed by atoms with Crippen molar-refractivity contribution in [1.82, 2.24) is 5.32 Å². The fourth-order valence-corrected chi connectivity index (χ4v) is 4.91. The molecule has 1 amide bonds. The van der Waals surface area contributed by atoms with E-state index in [2.05, 4.69) is 18.8 Å². The lowest BCUT2D eigenvalue weighted by Crippen LogP contribution is -2.43. The van der Waals surface area contributed by atoms with Crippen LogP contribution in [0.15, 0.2) is 12.7 Å². The first kappa shape index (κ1) is 25.6. The summed E-state index contributed by atoms with van der Waals surface area (Å²) in [5, 5.41) is 2.82. The number of ketones is 1. The minimum absolute atomic E-state index is 0.123. The molecule has 1 saturated carbocycles. The van der Waals surface area contributed by atoms with Crippen LogP contribution >= 0.6 is 0 Å². The third-order valence-electron chi connectivity index (χ3n) is 7.07. The smallest absolute Gasteiger partial charge is 0.328 e. The molecule has 0 spiro atoms. The molecule has 1 heterocycles. The van der Waals surface area contributed by atoms with Gasteiger partial charge in [0.2, 0.25) is 5.91 Å². The van der Waals surface area contributed by atoms with Gasteiger partial charge in [0.1, 0.15) is 17.9 Å². The molecular formula is C26H43NO4. The highest BCUT2D eigenvalue weighted by atomic mass is 16.5. The first-order valence-corrected chi connectivity index (χ1v) is 12.6. The van der Waals surface area contributed by atoms with Crippen molar-refractivity contribution in [3.05, 3.63) is 12.7 Å². The number of esters is 1. The predicted molar refractivity (Wildman–Crippen MR) is 124 cm³/mol. The fraction of sp³-hybridized carbons (Fsp3) is 0.808. The summed E-state index contributed by atoms with van der Waals surface area (Å²) >= 11 is 0. The normalized spacial score (nSPS) is 29.8. The van der Waals surface area contributed by atoms with E-state index in [0.29, 0.717) is 25.7 Å². The number of rotatable bonds is 4. The summed E-state index contributed by atoms with van der Waals surface area (Å²) in [6, 6.07) is -0.745. The lowest BCUT2D eigenvalue weighted by Gasteiger charge is -2.29. The Bertz CT molecular complexity index is 602. The molecule has 31 heavy (non-hydrogen) atoms. The number of amides is 1. The second kappa shape index (κ2) is 13.7. The molecule has 2 rings (SSSR count). The second-order valence-corrected chi connectivity index (χ2v) is 9.79. The van der Waals surface area contributed by atoms with Crippen molar-refractivity contribution in [2.45, 2.75) is 128 Å². The Morgan fingerprint density at radius 3 is 2.32 bits per heavy atom.